The van der Waals surface area contributed by atoms with Crippen LogP contribution in [0.4, 0.5) is 0 Å². The Labute approximate surface area is 102 Å². The Kier molecular flexibility index (Phi) is 4.67. The molecule has 0 aliphatic heterocycles. The second-order valence-corrected chi connectivity index (χ2v) is 5.72. The number of nitrogens with zero attached hydrogens (tertiary/aromatic N) is 1. The molecule has 0 aliphatic rings. The topological polar surface area (TPSA) is 101 Å². The van der Waals surface area contributed by atoms with Crippen LogP contribution in [0.2, 0.25) is 0 Å². The summed E-state index contributed by atoms with van der Waals surface area (Å²) in [5.74, 6) is 0. The highest BCUT2D eigenvalue weighted by Crippen LogP contribution is 2.17. The van der Waals surface area contributed by atoms with Crippen LogP contribution in [-0.2, 0) is 10.0 Å². The van der Waals surface area contributed by atoms with Crippen LogP contribution in [0.5, 0.6) is 0 Å². The Hall–Kier alpha value is -0.920. The largest absolute Gasteiger partial charge is 0.330 e. The zero-order valence-corrected chi connectivity index (χ0v) is 11.3. The van der Waals surface area contributed by atoms with Crippen LogP contribution < -0.4 is 10.5 Å². The van der Waals surface area contributed by atoms with Gasteiger partial charge in [-0.25, -0.2) is 13.1 Å². The molecule has 0 radical (unpaired) electrons. The molecule has 1 aromatic heterocycles. The van der Waals surface area contributed by atoms with Gasteiger partial charge in [0, 0.05) is 6.04 Å². The van der Waals surface area contributed by atoms with Gasteiger partial charge in [-0.2, -0.15) is 5.10 Å². The van der Waals surface area contributed by atoms with E-state index in [0.29, 0.717) is 30.8 Å². The Balaban J connectivity index is 2.96. The van der Waals surface area contributed by atoms with Crippen molar-refractivity contribution >= 4 is 10.0 Å². The van der Waals surface area contributed by atoms with Gasteiger partial charge in [-0.3, -0.25) is 5.10 Å². The molecule has 0 bridgehead atoms. The molecule has 98 valence electrons. The Morgan fingerprint density at radius 3 is 2.53 bits per heavy atom. The average molecular weight is 260 g/mol. The molecule has 0 fully saturated rings. The molecule has 4 N–H and O–H groups in total. The molecule has 0 aliphatic carbocycles. The third kappa shape index (κ3) is 3.27. The third-order valence-corrected chi connectivity index (χ3v) is 4.44. The summed E-state index contributed by atoms with van der Waals surface area (Å²) in [6.07, 6.45) is 1.35. The standard InChI is InChI=1S/C10H20N4O2S/c1-4-9(5-6-11)14-17(15,16)10-7(2)12-13-8(10)3/h9,14H,4-6,11H2,1-3H3,(H,12,13). The number of hydrogen-bond donors (Lipinski definition) is 3. The van der Waals surface area contributed by atoms with Crippen LogP contribution in [0, 0.1) is 13.8 Å². The smallest absolute Gasteiger partial charge is 0.244 e. The first-order chi connectivity index (χ1) is 7.92. The number of aromatic nitrogens is 2. The molecule has 0 amide bonds. The fourth-order valence-corrected chi connectivity index (χ4v) is 3.49. The molecule has 1 heterocycles. The number of nitrogens with two attached hydrogens (primary N) is 1. The van der Waals surface area contributed by atoms with Crippen LogP contribution in [-0.4, -0.2) is 31.2 Å². The summed E-state index contributed by atoms with van der Waals surface area (Å²) in [6.45, 7) is 5.75. The van der Waals surface area contributed by atoms with Gasteiger partial charge in [0.25, 0.3) is 0 Å². The third-order valence-electron chi connectivity index (χ3n) is 2.66. The van der Waals surface area contributed by atoms with Gasteiger partial charge < -0.3 is 5.73 Å². The maximum atomic E-state index is 12.2. The highest BCUT2D eigenvalue weighted by Gasteiger charge is 2.24. The number of aromatic amines is 1. The van der Waals surface area contributed by atoms with E-state index in [-0.39, 0.29) is 10.9 Å². The van der Waals surface area contributed by atoms with Gasteiger partial charge >= 0.3 is 0 Å². The predicted molar refractivity (Wildman–Crippen MR) is 66.1 cm³/mol. The molecule has 1 unspecified atom stereocenters. The first-order valence-electron chi connectivity index (χ1n) is 5.66. The normalized spacial score (nSPS) is 13.9. The average Bonchev–Trinajstić information content (AvgIpc) is 2.58. The van der Waals surface area contributed by atoms with Crippen molar-refractivity contribution in [1.82, 2.24) is 14.9 Å². The summed E-state index contributed by atoms with van der Waals surface area (Å²) in [5.41, 5.74) is 6.49. The van der Waals surface area contributed by atoms with E-state index in [1.807, 2.05) is 6.92 Å². The van der Waals surface area contributed by atoms with E-state index in [0.717, 1.165) is 0 Å². The molecule has 17 heavy (non-hydrogen) atoms. The highest BCUT2D eigenvalue weighted by atomic mass is 32.2. The quantitative estimate of drug-likeness (QED) is 0.690. The van der Waals surface area contributed by atoms with E-state index in [9.17, 15) is 8.42 Å². The predicted octanol–water partition coefficient (Wildman–Crippen LogP) is 0.432. The lowest BCUT2D eigenvalue weighted by molar-refractivity contribution is 0.520. The monoisotopic (exact) mass is 260 g/mol. The van der Waals surface area contributed by atoms with Crippen molar-refractivity contribution in [2.75, 3.05) is 6.54 Å². The van der Waals surface area contributed by atoms with E-state index in [4.69, 9.17) is 5.73 Å². The van der Waals surface area contributed by atoms with Crippen molar-refractivity contribution in [1.29, 1.82) is 0 Å². The van der Waals surface area contributed by atoms with E-state index >= 15 is 0 Å². The number of rotatable bonds is 6. The van der Waals surface area contributed by atoms with Crippen LogP contribution in [0.1, 0.15) is 31.2 Å². The lowest BCUT2D eigenvalue weighted by atomic mass is 10.2. The lowest BCUT2D eigenvalue weighted by Gasteiger charge is -2.16. The zero-order valence-electron chi connectivity index (χ0n) is 10.4. The first kappa shape index (κ1) is 14.1. The first-order valence-corrected chi connectivity index (χ1v) is 7.14. The summed E-state index contributed by atoms with van der Waals surface area (Å²) in [6, 6.07) is -0.126. The van der Waals surface area contributed by atoms with Crippen molar-refractivity contribution in [3.8, 4) is 0 Å². The van der Waals surface area contributed by atoms with Crippen molar-refractivity contribution in [2.24, 2.45) is 5.73 Å². The fourth-order valence-electron chi connectivity index (χ4n) is 1.76. The molecule has 1 aromatic rings. The Morgan fingerprint density at radius 2 is 2.12 bits per heavy atom. The maximum Gasteiger partial charge on any atom is 0.244 e. The zero-order chi connectivity index (χ0) is 13.1. The van der Waals surface area contributed by atoms with Gasteiger partial charge in [-0.1, -0.05) is 6.92 Å². The molecular weight excluding hydrogens is 240 g/mol. The van der Waals surface area contributed by atoms with Crippen LogP contribution >= 0.6 is 0 Å². The number of aryl methyl sites for hydroxylation is 2. The van der Waals surface area contributed by atoms with Gasteiger partial charge in [0.15, 0.2) is 0 Å². The van der Waals surface area contributed by atoms with E-state index in [1.54, 1.807) is 13.8 Å². The van der Waals surface area contributed by atoms with E-state index in [2.05, 4.69) is 14.9 Å². The summed E-state index contributed by atoms with van der Waals surface area (Å²) in [4.78, 5) is 0.243. The Bertz CT molecular complexity index is 447. The molecule has 6 nitrogen and oxygen atoms in total. The van der Waals surface area contributed by atoms with Crippen LogP contribution in [0.25, 0.3) is 0 Å². The maximum absolute atomic E-state index is 12.2. The number of H-pyrrole nitrogens is 1. The fraction of sp³-hybridized carbons (Fsp3) is 0.700. The van der Waals surface area contributed by atoms with Crippen LogP contribution in [0.15, 0.2) is 4.90 Å². The summed E-state index contributed by atoms with van der Waals surface area (Å²) in [7, 11) is -3.51. The van der Waals surface area contributed by atoms with E-state index in [1.165, 1.54) is 0 Å². The highest BCUT2D eigenvalue weighted by molar-refractivity contribution is 7.89. The number of nitrogens with one attached hydrogen (secondary N) is 2. The molecule has 0 aromatic carbocycles. The van der Waals surface area contributed by atoms with Gasteiger partial charge in [-0.15, -0.1) is 0 Å². The molecule has 0 saturated heterocycles. The second kappa shape index (κ2) is 5.61. The number of sulfonamides is 1. The van der Waals surface area contributed by atoms with Crippen molar-refractivity contribution in [3.05, 3.63) is 11.4 Å². The number of hydrogen-bond acceptors (Lipinski definition) is 4. The molecule has 1 rings (SSSR count). The summed E-state index contributed by atoms with van der Waals surface area (Å²) < 4.78 is 27.0. The molecule has 1 atom stereocenters. The van der Waals surface area contributed by atoms with Gasteiger partial charge in [-0.05, 0) is 33.2 Å². The van der Waals surface area contributed by atoms with Gasteiger partial charge in [0.1, 0.15) is 4.90 Å². The molecule has 0 spiro atoms. The van der Waals surface area contributed by atoms with E-state index < -0.39 is 10.0 Å². The summed E-state index contributed by atoms with van der Waals surface area (Å²) in [5, 5.41) is 6.57. The minimum absolute atomic E-state index is 0.126. The lowest BCUT2D eigenvalue weighted by Crippen LogP contribution is -2.36. The van der Waals surface area contributed by atoms with Crippen molar-refractivity contribution < 1.29 is 8.42 Å². The minimum Gasteiger partial charge on any atom is -0.330 e. The minimum atomic E-state index is -3.51. The second-order valence-electron chi connectivity index (χ2n) is 4.07. The van der Waals surface area contributed by atoms with Crippen molar-refractivity contribution in [2.45, 2.75) is 44.6 Å². The molecule has 0 saturated carbocycles. The summed E-state index contributed by atoms with van der Waals surface area (Å²) >= 11 is 0. The molecular formula is C10H20N4O2S. The van der Waals surface area contributed by atoms with Crippen molar-refractivity contribution in [3.63, 3.8) is 0 Å². The SMILES string of the molecule is CCC(CCN)NS(=O)(=O)c1c(C)n[nH]c1C. The van der Waals surface area contributed by atoms with Gasteiger partial charge in [0.05, 0.1) is 11.4 Å². The molecule has 7 heteroatoms. The Morgan fingerprint density at radius 1 is 1.47 bits per heavy atom. The van der Waals surface area contributed by atoms with Gasteiger partial charge in [0.2, 0.25) is 10.0 Å². The van der Waals surface area contributed by atoms with Crippen LogP contribution in [0.3, 0.4) is 0 Å².